The molecule has 0 heterocycles. The van der Waals surface area contributed by atoms with Gasteiger partial charge in [-0.05, 0) is 36.4 Å². The van der Waals surface area contributed by atoms with E-state index in [4.69, 9.17) is 4.74 Å². The van der Waals surface area contributed by atoms with Gasteiger partial charge in [-0.15, -0.1) is 0 Å². The molecular weight excluding hydrogens is 228 g/mol. The van der Waals surface area contributed by atoms with Gasteiger partial charge in [0.2, 0.25) is 0 Å². The van der Waals surface area contributed by atoms with Gasteiger partial charge in [0.05, 0.1) is 11.4 Å². The van der Waals surface area contributed by atoms with E-state index in [0.29, 0.717) is 11.4 Å². The van der Waals surface area contributed by atoms with Gasteiger partial charge in [0.1, 0.15) is 5.75 Å². The Kier molecular flexibility index (Phi) is 3.81. The molecular formula is C14H12N2O2. The molecule has 90 valence electrons. The highest BCUT2D eigenvalue weighted by molar-refractivity contribution is 5.69. The highest BCUT2D eigenvalue weighted by atomic mass is 16.5. The molecule has 0 spiro atoms. The lowest BCUT2D eigenvalue weighted by molar-refractivity contribution is -0.131. The van der Waals surface area contributed by atoms with E-state index in [1.165, 1.54) is 6.92 Å². The fourth-order valence-corrected chi connectivity index (χ4v) is 1.36. The molecule has 2 rings (SSSR count). The lowest BCUT2D eigenvalue weighted by atomic mass is 10.3. The summed E-state index contributed by atoms with van der Waals surface area (Å²) in [5.74, 6) is 0.162. The van der Waals surface area contributed by atoms with E-state index in [-0.39, 0.29) is 5.97 Å². The summed E-state index contributed by atoms with van der Waals surface area (Å²) in [6.07, 6.45) is 0. The minimum atomic E-state index is -0.339. The van der Waals surface area contributed by atoms with Gasteiger partial charge in [0, 0.05) is 6.92 Å². The Balaban J connectivity index is 2.06. The Bertz CT molecular complexity index is 548. The second-order valence-corrected chi connectivity index (χ2v) is 3.62. The molecule has 2 aromatic carbocycles. The third-order valence-electron chi connectivity index (χ3n) is 2.14. The van der Waals surface area contributed by atoms with Crippen LogP contribution in [0.4, 0.5) is 11.4 Å². The van der Waals surface area contributed by atoms with Crippen LogP contribution in [-0.4, -0.2) is 5.97 Å². The molecule has 0 saturated heterocycles. The molecule has 0 aliphatic heterocycles. The first kappa shape index (κ1) is 12.0. The number of azo groups is 1. The predicted molar refractivity (Wildman–Crippen MR) is 68.4 cm³/mol. The van der Waals surface area contributed by atoms with E-state index in [9.17, 15) is 4.79 Å². The second kappa shape index (κ2) is 5.72. The smallest absolute Gasteiger partial charge is 0.308 e. The van der Waals surface area contributed by atoms with Gasteiger partial charge in [-0.3, -0.25) is 4.79 Å². The Labute approximate surface area is 105 Å². The molecule has 0 bridgehead atoms. The fourth-order valence-electron chi connectivity index (χ4n) is 1.36. The lowest BCUT2D eigenvalue weighted by Gasteiger charge is -2.00. The molecule has 0 aromatic heterocycles. The Morgan fingerprint density at radius 3 is 2.00 bits per heavy atom. The van der Waals surface area contributed by atoms with Crippen LogP contribution in [0.15, 0.2) is 64.8 Å². The molecule has 4 nitrogen and oxygen atoms in total. The molecule has 0 N–H and O–H groups in total. The highest BCUT2D eigenvalue weighted by Gasteiger charge is 1.97. The quantitative estimate of drug-likeness (QED) is 0.462. The van der Waals surface area contributed by atoms with Crippen molar-refractivity contribution in [2.75, 3.05) is 0 Å². The summed E-state index contributed by atoms with van der Waals surface area (Å²) >= 11 is 0. The molecule has 0 aliphatic rings. The normalized spacial score (nSPS) is 10.5. The molecule has 0 fully saturated rings. The van der Waals surface area contributed by atoms with Crippen molar-refractivity contribution < 1.29 is 9.53 Å². The minimum Gasteiger partial charge on any atom is -0.427 e. The summed E-state index contributed by atoms with van der Waals surface area (Å²) in [7, 11) is 0. The van der Waals surface area contributed by atoms with Crippen molar-refractivity contribution in [1.29, 1.82) is 0 Å². The van der Waals surface area contributed by atoms with Crippen molar-refractivity contribution in [1.82, 2.24) is 0 Å². The number of esters is 1. The maximum absolute atomic E-state index is 10.7. The Morgan fingerprint density at radius 2 is 1.44 bits per heavy atom. The zero-order valence-electron chi connectivity index (χ0n) is 9.91. The first-order valence-electron chi connectivity index (χ1n) is 5.49. The van der Waals surface area contributed by atoms with Gasteiger partial charge >= 0.3 is 5.97 Å². The van der Waals surface area contributed by atoms with E-state index in [0.717, 1.165) is 5.69 Å². The van der Waals surface area contributed by atoms with Crippen LogP contribution in [0.2, 0.25) is 0 Å². The van der Waals surface area contributed by atoms with Crippen molar-refractivity contribution in [3.63, 3.8) is 0 Å². The number of carbonyl (C=O) groups excluding carboxylic acids is 1. The van der Waals surface area contributed by atoms with Crippen LogP contribution in [-0.2, 0) is 4.79 Å². The van der Waals surface area contributed by atoms with Crippen molar-refractivity contribution in [3.8, 4) is 5.75 Å². The lowest BCUT2D eigenvalue weighted by Crippen LogP contribution is -2.00. The molecule has 0 aliphatic carbocycles. The summed E-state index contributed by atoms with van der Waals surface area (Å²) < 4.78 is 4.92. The maximum Gasteiger partial charge on any atom is 0.308 e. The highest BCUT2D eigenvalue weighted by Crippen LogP contribution is 2.21. The molecule has 0 amide bonds. The number of nitrogens with zero attached hydrogens (tertiary/aromatic N) is 2. The number of hydrogen-bond donors (Lipinski definition) is 0. The number of rotatable bonds is 3. The number of carbonyl (C=O) groups is 1. The summed E-state index contributed by atoms with van der Waals surface area (Å²) in [6.45, 7) is 1.36. The van der Waals surface area contributed by atoms with E-state index in [1.54, 1.807) is 24.3 Å². The first-order chi connectivity index (χ1) is 8.74. The average Bonchev–Trinajstić information content (AvgIpc) is 2.38. The minimum absolute atomic E-state index is 0.339. The molecule has 0 saturated carbocycles. The summed E-state index contributed by atoms with van der Waals surface area (Å²) in [6, 6.07) is 16.3. The molecule has 0 atom stereocenters. The third kappa shape index (κ3) is 3.52. The van der Waals surface area contributed by atoms with E-state index >= 15 is 0 Å². The van der Waals surface area contributed by atoms with Crippen LogP contribution in [0.3, 0.4) is 0 Å². The van der Waals surface area contributed by atoms with Crippen LogP contribution in [0, 0.1) is 0 Å². The van der Waals surface area contributed by atoms with Crippen molar-refractivity contribution in [2.45, 2.75) is 6.92 Å². The van der Waals surface area contributed by atoms with Crippen molar-refractivity contribution in [2.24, 2.45) is 10.2 Å². The zero-order chi connectivity index (χ0) is 12.8. The average molecular weight is 240 g/mol. The molecule has 4 heteroatoms. The number of benzene rings is 2. The van der Waals surface area contributed by atoms with Crippen LogP contribution in [0.5, 0.6) is 5.75 Å². The fraction of sp³-hybridized carbons (Fsp3) is 0.0714. The second-order valence-electron chi connectivity index (χ2n) is 3.62. The Morgan fingerprint density at radius 1 is 0.889 bits per heavy atom. The number of hydrogen-bond acceptors (Lipinski definition) is 4. The molecule has 2 aromatic rings. The van der Waals surface area contributed by atoms with E-state index in [1.807, 2.05) is 30.3 Å². The Hall–Kier alpha value is -2.49. The van der Waals surface area contributed by atoms with Crippen molar-refractivity contribution >= 4 is 17.3 Å². The standard InChI is InChI=1S/C14H12N2O2/c1-11(17)18-14-9-7-13(8-10-14)16-15-12-5-3-2-4-6-12/h2-10H,1H3. The molecule has 0 unspecified atom stereocenters. The van der Waals surface area contributed by atoms with E-state index < -0.39 is 0 Å². The largest absolute Gasteiger partial charge is 0.427 e. The van der Waals surface area contributed by atoms with Crippen LogP contribution < -0.4 is 4.74 Å². The van der Waals surface area contributed by atoms with Crippen LogP contribution >= 0.6 is 0 Å². The SMILES string of the molecule is CC(=O)Oc1ccc(N=Nc2ccccc2)cc1. The van der Waals surface area contributed by atoms with Gasteiger partial charge in [-0.25, -0.2) is 0 Å². The summed E-state index contributed by atoms with van der Waals surface area (Å²) in [4.78, 5) is 10.7. The van der Waals surface area contributed by atoms with Crippen LogP contribution in [0.25, 0.3) is 0 Å². The zero-order valence-corrected chi connectivity index (χ0v) is 9.91. The first-order valence-corrected chi connectivity index (χ1v) is 5.49. The van der Waals surface area contributed by atoms with Gasteiger partial charge in [0.15, 0.2) is 0 Å². The van der Waals surface area contributed by atoms with Crippen LogP contribution in [0.1, 0.15) is 6.92 Å². The molecule has 0 radical (unpaired) electrons. The van der Waals surface area contributed by atoms with Gasteiger partial charge in [-0.1, -0.05) is 18.2 Å². The van der Waals surface area contributed by atoms with Gasteiger partial charge < -0.3 is 4.74 Å². The molecule has 18 heavy (non-hydrogen) atoms. The summed E-state index contributed by atoms with van der Waals surface area (Å²) in [5, 5.41) is 8.17. The maximum atomic E-state index is 10.7. The van der Waals surface area contributed by atoms with Gasteiger partial charge in [0.25, 0.3) is 0 Å². The number of ether oxygens (including phenoxy) is 1. The van der Waals surface area contributed by atoms with E-state index in [2.05, 4.69) is 10.2 Å². The predicted octanol–water partition coefficient (Wildman–Crippen LogP) is 4.03. The summed E-state index contributed by atoms with van der Waals surface area (Å²) in [5.41, 5.74) is 1.50. The third-order valence-corrected chi connectivity index (χ3v) is 2.14. The topological polar surface area (TPSA) is 51.0 Å². The van der Waals surface area contributed by atoms with Gasteiger partial charge in [-0.2, -0.15) is 10.2 Å². The monoisotopic (exact) mass is 240 g/mol. The van der Waals surface area contributed by atoms with Crippen molar-refractivity contribution in [3.05, 3.63) is 54.6 Å².